The molecule has 1 saturated heterocycles. The Morgan fingerprint density at radius 1 is 1.15 bits per heavy atom. The van der Waals surface area contributed by atoms with E-state index in [1.165, 1.54) is 25.5 Å². The Morgan fingerprint density at radius 3 is 2.58 bits per heavy atom. The van der Waals surface area contributed by atoms with Crippen molar-refractivity contribution in [1.29, 1.82) is 0 Å². The van der Waals surface area contributed by atoms with Gasteiger partial charge in [-0.05, 0) is 63.1 Å². The highest BCUT2D eigenvalue weighted by Gasteiger charge is 2.19. The molecule has 6 heteroatoms. The van der Waals surface area contributed by atoms with Crippen molar-refractivity contribution in [3.8, 4) is 17.2 Å². The second-order valence-corrected chi connectivity index (χ2v) is 6.53. The fourth-order valence-corrected chi connectivity index (χ4v) is 3.21. The second kappa shape index (κ2) is 8.67. The lowest BCUT2D eigenvalue weighted by molar-refractivity contribution is -0.385. The summed E-state index contributed by atoms with van der Waals surface area (Å²) in [5.74, 6) is 1.54. The van der Waals surface area contributed by atoms with Crippen molar-refractivity contribution in [2.45, 2.75) is 32.2 Å². The Kier molecular flexibility index (Phi) is 6.07. The van der Waals surface area contributed by atoms with Crippen LogP contribution in [-0.2, 0) is 0 Å². The van der Waals surface area contributed by atoms with Gasteiger partial charge in [0.1, 0.15) is 11.5 Å². The molecule has 0 bridgehead atoms. The van der Waals surface area contributed by atoms with Crippen molar-refractivity contribution in [2.75, 3.05) is 19.7 Å². The molecule has 6 nitrogen and oxygen atoms in total. The third kappa shape index (κ3) is 4.73. The largest absolute Gasteiger partial charge is 0.494 e. The highest BCUT2D eigenvalue weighted by Crippen LogP contribution is 2.31. The van der Waals surface area contributed by atoms with Crippen LogP contribution in [0.5, 0.6) is 17.2 Å². The summed E-state index contributed by atoms with van der Waals surface area (Å²) in [5.41, 5.74) is -0.0519. The Bertz CT molecular complexity index is 733. The molecule has 0 aliphatic carbocycles. The Hall–Kier alpha value is -2.60. The van der Waals surface area contributed by atoms with Gasteiger partial charge in [-0.15, -0.1) is 0 Å². The molecule has 26 heavy (non-hydrogen) atoms. The summed E-state index contributed by atoms with van der Waals surface area (Å²) in [6.07, 6.45) is 3.59. The van der Waals surface area contributed by atoms with Crippen LogP contribution in [0.3, 0.4) is 0 Å². The summed E-state index contributed by atoms with van der Waals surface area (Å²) in [5, 5.41) is 11.0. The molecule has 1 atom stereocenters. The maximum absolute atomic E-state index is 11.0. The molecule has 1 aliphatic rings. The fraction of sp³-hybridized carbons (Fsp3) is 0.400. The Labute approximate surface area is 153 Å². The number of nitro groups is 1. The predicted molar refractivity (Wildman–Crippen MR) is 100.0 cm³/mol. The van der Waals surface area contributed by atoms with E-state index in [-0.39, 0.29) is 11.4 Å². The van der Waals surface area contributed by atoms with Gasteiger partial charge in [-0.25, -0.2) is 0 Å². The van der Waals surface area contributed by atoms with Crippen LogP contribution in [0.4, 0.5) is 5.69 Å². The van der Waals surface area contributed by atoms with Crippen LogP contribution in [0.2, 0.25) is 0 Å². The SMILES string of the molecule is CC1CCCN1CCCOc1ccc(Oc2ccccc2[N+](=O)[O-])cc1. The van der Waals surface area contributed by atoms with Crippen molar-refractivity contribution in [1.82, 2.24) is 4.90 Å². The third-order valence-electron chi connectivity index (χ3n) is 4.66. The minimum Gasteiger partial charge on any atom is -0.494 e. The second-order valence-electron chi connectivity index (χ2n) is 6.53. The monoisotopic (exact) mass is 356 g/mol. The normalized spacial score (nSPS) is 17.2. The average molecular weight is 356 g/mol. The fourth-order valence-electron chi connectivity index (χ4n) is 3.21. The van der Waals surface area contributed by atoms with Crippen LogP contribution in [-0.4, -0.2) is 35.6 Å². The summed E-state index contributed by atoms with van der Waals surface area (Å²) in [7, 11) is 0. The van der Waals surface area contributed by atoms with E-state index in [1.54, 1.807) is 30.3 Å². The first-order valence-electron chi connectivity index (χ1n) is 9.01. The maximum atomic E-state index is 11.0. The van der Waals surface area contributed by atoms with Crippen molar-refractivity contribution in [2.24, 2.45) is 0 Å². The van der Waals surface area contributed by atoms with Crippen LogP contribution >= 0.6 is 0 Å². The number of benzene rings is 2. The molecular formula is C20H24N2O4. The quantitative estimate of drug-likeness (QED) is 0.392. The minimum atomic E-state index is -0.450. The highest BCUT2D eigenvalue weighted by atomic mass is 16.6. The van der Waals surface area contributed by atoms with Gasteiger partial charge in [-0.3, -0.25) is 10.1 Å². The van der Waals surface area contributed by atoms with E-state index in [2.05, 4.69) is 11.8 Å². The number of likely N-dealkylation sites (tertiary alicyclic amines) is 1. The summed E-state index contributed by atoms with van der Waals surface area (Å²) in [6.45, 7) is 5.22. The van der Waals surface area contributed by atoms with Gasteiger partial charge in [0.25, 0.3) is 0 Å². The molecule has 1 aliphatic heterocycles. The smallest absolute Gasteiger partial charge is 0.311 e. The van der Waals surface area contributed by atoms with Crippen LogP contribution in [0, 0.1) is 10.1 Å². The zero-order valence-corrected chi connectivity index (χ0v) is 15.0. The molecule has 1 unspecified atom stereocenters. The molecule has 1 fully saturated rings. The van der Waals surface area contributed by atoms with Crippen LogP contribution in [0.25, 0.3) is 0 Å². The Balaban J connectivity index is 1.48. The minimum absolute atomic E-state index is 0.0519. The van der Waals surface area contributed by atoms with Gasteiger partial charge in [0.15, 0.2) is 0 Å². The molecule has 2 aromatic carbocycles. The van der Waals surface area contributed by atoms with Gasteiger partial charge in [-0.2, -0.15) is 0 Å². The zero-order valence-electron chi connectivity index (χ0n) is 15.0. The van der Waals surface area contributed by atoms with E-state index in [0.29, 0.717) is 18.4 Å². The lowest BCUT2D eigenvalue weighted by atomic mass is 10.2. The number of rotatable bonds is 8. The first-order valence-corrected chi connectivity index (χ1v) is 9.01. The van der Waals surface area contributed by atoms with E-state index in [0.717, 1.165) is 18.7 Å². The lowest BCUT2D eigenvalue weighted by Gasteiger charge is -2.20. The molecule has 0 amide bonds. The van der Waals surface area contributed by atoms with E-state index < -0.39 is 4.92 Å². The molecule has 0 radical (unpaired) electrons. The summed E-state index contributed by atoms with van der Waals surface area (Å²) < 4.78 is 11.4. The average Bonchev–Trinajstić information content (AvgIpc) is 3.05. The number of nitro benzene ring substituents is 1. The lowest BCUT2D eigenvalue weighted by Crippen LogP contribution is -2.28. The zero-order chi connectivity index (χ0) is 18.4. The van der Waals surface area contributed by atoms with E-state index in [9.17, 15) is 10.1 Å². The molecule has 1 heterocycles. The van der Waals surface area contributed by atoms with Gasteiger partial charge in [0.05, 0.1) is 11.5 Å². The summed E-state index contributed by atoms with van der Waals surface area (Å²) in [6, 6.07) is 14.2. The highest BCUT2D eigenvalue weighted by molar-refractivity contribution is 5.48. The number of hydrogen-bond donors (Lipinski definition) is 0. The topological polar surface area (TPSA) is 64.8 Å². The summed E-state index contributed by atoms with van der Waals surface area (Å²) in [4.78, 5) is 13.1. The predicted octanol–water partition coefficient (Wildman–Crippen LogP) is 4.64. The van der Waals surface area contributed by atoms with E-state index in [1.807, 2.05) is 12.1 Å². The number of nitrogens with zero attached hydrogens (tertiary/aromatic N) is 2. The molecule has 2 aromatic rings. The van der Waals surface area contributed by atoms with Gasteiger partial charge >= 0.3 is 5.69 Å². The first-order chi connectivity index (χ1) is 12.6. The molecule has 3 rings (SSSR count). The van der Waals surface area contributed by atoms with Crippen LogP contribution < -0.4 is 9.47 Å². The molecule has 0 spiro atoms. The van der Waals surface area contributed by atoms with E-state index in [4.69, 9.17) is 9.47 Å². The number of ether oxygens (including phenoxy) is 2. The molecule has 0 N–H and O–H groups in total. The molecule has 0 aromatic heterocycles. The Morgan fingerprint density at radius 2 is 1.88 bits per heavy atom. The van der Waals surface area contributed by atoms with Crippen LogP contribution in [0.1, 0.15) is 26.2 Å². The van der Waals surface area contributed by atoms with Gasteiger partial charge in [0.2, 0.25) is 5.75 Å². The number of para-hydroxylation sites is 2. The van der Waals surface area contributed by atoms with Crippen molar-refractivity contribution >= 4 is 5.69 Å². The molecule has 0 saturated carbocycles. The third-order valence-corrected chi connectivity index (χ3v) is 4.66. The number of hydrogen-bond acceptors (Lipinski definition) is 5. The molecular weight excluding hydrogens is 332 g/mol. The van der Waals surface area contributed by atoms with Gasteiger partial charge in [-0.1, -0.05) is 12.1 Å². The van der Waals surface area contributed by atoms with Crippen molar-refractivity contribution in [3.63, 3.8) is 0 Å². The van der Waals surface area contributed by atoms with Crippen molar-refractivity contribution < 1.29 is 14.4 Å². The van der Waals surface area contributed by atoms with E-state index >= 15 is 0 Å². The van der Waals surface area contributed by atoms with Gasteiger partial charge in [0, 0.05) is 18.7 Å². The van der Waals surface area contributed by atoms with Crippen LogP contribution in [0.15, 0.2) is 48.5 Å². The molecule has 138 valence electrons. The van der Waals surface area contributed by atoms with Crippen molar-refractivity contribution in [3.05, 3.63) is 58.6 Å². The van der Waals surface area contributed by atoms with Gasteiger partial charge < -0.3 is 14.4 Å². The standard InChI is InChI=1S/C20H24N2O4/c1-16-6-4-13-21(16)14-5-15-25-17-9-11-18(12-10-17)26-20-8-3-2-7-19(20)22(23)24/h2-3,7-12,16H,4-6,13-15H2,1H3. The maximum Gasteiger partial charge on any atom is 0.311 e. The first kappa shape index (κ1) is 18.2. The summed E-state index contributed by atoms with van der Waals surface area (Å²) >= 11 is 0.